The molecule has 0 radical (unpaired) electrons. The summed E-state index contributed by atoms with van der Waals surface area (Å²) in [6.07, 6.45) is 0. The molecule has 16 aromatic rings. The molecule has 8 aliphatic rings. The molecule has 24 rings (SSSR count). The first kappa shape index (κ1) is 63.5. The number of hydrogen-bond acceptors (Lipinski definition) is 4. The molecule has 0 saturated carbocycles. The van der Waals surface area contributed by atoms with Crippen LogP contribution < -0.4 is 85.2 Å². The molecular weight excluding hydrogens is 1300 g/mol. The van der Waals surface area contributed by atoms with Crippen molar-refractivity contribution in [3.63, 3.8) is 0 Å². The Morgan fingerprint density at radius 2 is 0.472 bits per heavy atom. The quantitative estimate of drug-likeness (QED) is 0.163. The predicted molar refractivity (Wildman–Crippen MR) is 464 cm³/mol. The van der Waals surface area contributed by atoms with E-state index in [0.29, 0.717) is 26.9 Å². The molecule has 0 fully saturated rings. The van der Waals surface area contributed by atoms with Crippen LogP contribution in [0.15, 0.2) is 364 Å². The van der Waals surface area contributed by atoms with Gasteiger partial charge in [0.05, 0.1) is 0 Å². The van der Waals surface area contributed by atoms with Crippen LogP contribution in [0.2, 0.25) is 0 Å². The van der Waals surface area contributed by atoms with Crippen LogP contribution >= 0.6 is 0 Å². The summed E-state index contributed by atoms with van der Waals surface area (Å²) in [7, 11) is 0. The fraction of sp³-hybridized carbons (Fsp3) is 0.0400. The molecule has 108 heavy (non-hydrogen) atoms. The van der Waals surface area contributed by atoms with Crippen molar-refractivity contribution >= 4 is 161 Å². The van der Waals surface area contributed by atoms with E-state index < -0.39 is 0 Å². The smallest absolute Gasteiger partial charge is 0.248 e. The molecule has 0 atom stereocenters. The standard InChI is InChI=1S/4C25H18BN/c1-17-9-2-6-14-22(17)27-23-15-7-5-13-21(23)26-20-12-4-3-10-18(20)19-11-8-16-24(27)25(19)26;1-17-8-6-9-18(16-17)27-23-14-5-4-13-22(23)26-21-12-3-2-10-19(21)20-11-7-15-24(27)25(20)26;1-17-13-15-18(16-14-17)27-23-11-5-4-10-22(23)26-21-9-3-2-7-19(21)20-8-6-12-24(27)25(20)26;1-17-9-7-15-22-25(17)27(18-10-3-2-4-11-18)23-16-8-13-20-19-12-5-6-14-21(19)26(22)24(20)23/h4*2-16H,1H3. The molecule has 8 aliphatic heterocycles. The van der Waals surface area contributed by atoms with Crippen molar-refractivity contribution in [2.45, 2.75) is 27.7 Å². The maximum Gasteiger partial charge on any atom is 0.248 e. The zero-order chi connectivity index (χ0) is 71.8. The Kier molecular flexibility index (Phi) is 14.9. The molecule has 504 valence electrons. The molecule has 0 saturated heterocycles. The van der Waals surface area contributed by atoms with E-state index >= 15 is 0 Å². The van der Waals surface area contributed by atoms with Crippen LogP contribution in [0.4, 0.5) is 68.2 Å². The second-order valence-corrected chi connectivity index (χ2v) is 29.9. The van der Waals surface area contributed by atoms with E-state index in [1.807, 2.05) is 0 Å². The summed E-state index contributed by atoms with van der Waals surface area (Å²) in [5.74, 6) is 0. The van der Waals surface area contributed by atoms with E-state index in [9.17, 15) is 0 Å². The van der Waals surface area contributed by atoms with Crippen molar-refractivity contribution in [2.75, 3.05) is 19.6 Å². The van der Waals surface area contributed by atoms with Gasteiger partial charge < -0.3 is 19.6 Å². The number of hydrogen-bond donors (Lipinski definition) is 0. The summed E-state index contributed by atoms with van der Waals surface area (Å²) in [5, 5.41) is 0. The number of benzene rings is 16. The molecular formula is C100H72B4N4. The Balaban J connectivity index is 0.0000000919. The Morgan fingerprint density at radius 3 is 0.926 bits per heavy atom. The Labute approximate surface area is 634 Å². The van der Waals surface area contributed by atoms with Crippen molar-refractivity contribution in [3.8, 4) is 44.5 Å². The van der Waals surface area contributed by atoms with Gasteiger partial charge in [-0.1, -0.05) is 306 Å². The lowest BCUT2D eigenvalue weighted by Gasteiger charge is -2.37. The van der Waals surface area contributed by atoms with E-state index in [0.717, 1.165) is 0 Å². The zero-order valence-electron chi connectivity index (χ0n) is 60.7. The molecule has 0 amide bonds. The predicted octanol–water partition coefficient (Wildman–Crippen LogP) is 17.1. The molecule has 0 unspecified atom stereocenters. The van der Waals surface area contributed by atoms with Gasteiger partial charge in [-0.05, 0) is 218 Å². The summed E-state index contributed by atoms with van der Waals surface area (Å²) in [6.45, 7) is 10.0. The van der Waals surface area contributed by atoms with Gasteiger partial charge in [-0.3, -0.25) is 0 Å². The Morgan fingerprint density at radius 1 is 0.176 bits per heavy atom. The number of rotatable bonds is 4. The maximum absolute atomic E-state index is 2.45. The van der Waals surface area contributed by atoms with Crippen LogP contribution in [0, 0.1) is 27.7 Å². The minimum absolute atomic E-state index is 0.322. The first-order valence-electron chi connectivity index (χ1n) is 38.0. The van der Waals surface area contributed by atoms with Crippen LogP contribution in [0.3, 0.4) is 0 Å². The highest BCUT2D eigenvalue weighted by Gasteiger charge is 2.47. The van der Waals surface area contributed by atoms with Gasteiger partial charge in [0.1, 0.15) is 0 Å². The van der Waals surface area contributed by atoms with E-state index in [1.165, 1.54) is 201 Å². The maximum atomic E-state index is 2.45. The van der Waals surface area contributed by atoms with Crippen LogP contribution in [0.25, 0.3) is 44.5 Å². The summed E-state index contributed by atoms with van der Waals surface area (Å²) >= 11 is 0. The molecule has 0 bridgehead atoms. The number of nitrogens with zero attached hydrogens (tertiary/aromatic N) is 4. The second-order valence-electron chi connectivity index (χ2n) is 29.9. The SMILES string of the molecule is Cc1ccc(N2c3ccccc3B3c4ccccc4-c4cccc2c43)cc1.Cc1cccc(N2c3ccccc3B3c4ccccc4-c4cccc2c43)c1.Cc1cccc2c1N(c1ccccc1)c1cccc3c1B2c1ccccc1-3.Cc1ccccc1N1c2ccccc2B2c3ccccc3-c3cccc1c32. The molecule has 0 spiro atoms. The van der Waals surface area contributed by atoms with Gasteiger partial charge in [0.25, 0.3) is 0 Å². The normalized spacial score (nSPS) is 13.2. The molecule has 16 aromatic carbocycles. The van der Waals surface area contributed by atoms with Crippen LogP contribution in [-0.2, 0) is 0 Å². The Hall–Kier alpha value is -13.0. The van der Waals surface area contributed by atoms with E-state index in [-0.39, 0.29) is 0 Å². The number of fused-ring (bicyclic) bond motifs is 20. The monoisotopic (exact) mass is 1370 g/mol. The van der Waals surface area contributed by atoms with E-state index in [2.05, 4.69) is 411 Å². The summed E-state index contributed by atoms with van der Waals surface area (Å²) in [4.78, 5) is 9.76. The van der Waals surface area contributed by atoms with E-state index in [1.54, 1.807) is 0 Å². The first-order chi connectivity index (χ1) is 53.3. The molecule has 0 aromatic heterocycles. The van der Waals surface area contributed by atoms with Crippen molar-refractivity contribution in [1.82, 2.24) is 0 Å². The van der Waals surface area contributed by atoms with Crippen LogP contribution in [-0.4, -0.2) is 26.9 Å². The molecule has 4 nitrogen and oxygen atoms in total. The van der Waals surface area contributed by atoms with Crippen LogP contribution in [0.1, 0.15) is 22.3 Å². The highest BCUT2D eigenvalue weighted by Crippen LogP contribution is 2.46. The zero-order valence-corrected chi connectivity index (χ0v) is 60.7. The van der Waals surface area contributed by atoms with Crippen LogP contribution in [0.5, 0.6) is 0 Å². The highest BCUT2D eigenvalue weighted by atomic mass is 15.2. The number of para-hydroxylation sites is 6. The topological polar surface area (TPSA) is 13.0 Å². The third-order valence-electron chi connectivity index (χ3n) is 23.9. The third kappa shape index (κ3) is 9.69. The molecule has 8 heteroatoms. The molecule has 0 aliphatic carbocycles. The van der Waals surface area contributed by atoms with Crippen molar-refractivity contribution in [3.05, 3.63) is 386 Å². The van der Waals surface area contributed by atoms with Gasteiger partial charge in [0.2, 0.25) is 26.9 Å². The van der Waals surface area contributed by atoms with Crippen molar-refractivity contribution < 1.29 is 0 Å². The fourth-order valence-corrected chi connectivity index (χ4v) is 19.5. The second kappa shape index (κ2) is 25.4. The van der Waals surface area contributed by atoms with Crippen molar-refractivity contribution in [2.24, 2.45) is 0 Å². The minimum atomic E-state index is 0.322. The van der Waals surface area contributed by atoms with Gasteiger partial charge in [0.15, 0.2) is 0 Å². The average molecular weight is 1370 g/mol. The lowest BCUT2D eigenvalue weighted by Crippen LogP contribution is -2.54. The van der Waals surface area contributed by atoms with Gasteiger partial charge in [-0.25, -0.2) is 0 Å². The lowest BCUT2D eigenvalue weighted by atomic mass is 9.37. The van der Waals surface area contributed by atoms with Gasteiger partial charge >= 0.3 is 0 Å². The fourth-order valence-electron chi connectivity index (χ4n) is 19.5. The van der Waals surface area contributed by atoms with Gasteiger partial charge in [0, 0.05) is 68.2 Å². The van der Waals surface area contributed by atoms with Crippen molar-refractivity contribution in [1.29, 1.82) is 0 Å². The summed E-state index contributed by atoms with van der Waals surface area (Å²) in [6, 6.07) is 133. The van der Waals surface area contributed by atoms with Gasteiger partial charge in [-0.2, -0.15) is 0 Å². The highest BCUT2D eigenvalue weighted by molar-refractivity contribution is 7.03. The third-order valence-corrected chi connectivity index (χ3v) is 23.9. The largest absolute Gasteiger partial charge is 0.312 e. The molecule has 0 N–H and O–H groups in total. The molecule has 8 heterocycles. The van der Waals surface area contributed by atoms with E-state index in [4.69, 9.17) is 0 Å². The average Bonchev–Trinajstić information content (AvgIpc) is 1.54. The Bertz CT molecular complexity index is 6300. The van der Waals surface area contributed by atoms with Gasteiger partial charge in [-0.15, -0.1) is 0 Å². The first-order valence-corrected chi connectivity index (χ1v) is 38.0. The summed E-state index contributed by atoms with van der Waals surface area (Å²) in [5.41, 5.74) is 48.6. The number of anilines is 12. The minimum Gasteiger partial charge on any atom is -0.312 e. The lowest BCUT2D eigenvalue weighted by molar-refractivity contribution is 1.26. The summed E-state index contributed by atoms with van der Waals surface area (Å²) < 4.78 is 0. The number of aryl methyl sites for hydroxylation is 4.